The van der Waals surface area contributed by atoms with Crippen molar-refractivity contribution in [2.24, 2.45) is 5.92 Å². The van der Waals surface area contributed by atoms with E-state index in [-0.39, 0.29) is 24.4 Å². The molecule has 0 aliphatic carbocycles. The molecular formula is C18H29ClN2O2. The Bertz CT molecular complexity index is 476. The molecule has 1 atom stereocenters. The third-order valence-electron chi connectivity index (χ3n) is 4.23. The lowest BCUT2D eigenvalue weighted by molar-refractivity contribution is -0.122. The van der Waals surface area contributed by atoms with Crippen LogP contribution in [0, 0.1) is 12.8 Å². The van der Waals surface area contributed by atoms with E-state index in [0.29, 0.717) is 18.9 Å². The number of ether oxygens (including phenoxy) is 1. The van der Waals surface area contributed by atoms with Gasteiger partial charge >= 0.3 is 0 Å². The van der Waals surface area contributed by atoms with E-state index in [1.54, 1.807) is 0 Å². The lowest BCUT2D eigenvalue weighted by Crippen LogP contribution is -2.37. The predicted octanol–water partition coefficient (Wildman–Crippen LogP) is 3.08. The minimum atomic E-state index is 0. The fourth-order valence-electron chi connectivity index (χ4n) is 2.83. The number of hydrogen-bond acceptors (Lipinski definition) is 3. The van der Waals surface area contributed by atoms with E-state index >= 15 is 0 Å². The molecule has 1 unspecified atom stereocenters. The van der Waals surface area contributed by atoms with Gasteiger partial charge in [0.2, 0.25) is 5.91 Å². The molecule has 1 amide bonds. The highest BCUT2D eigenvalue weighted by Crippen LogP contribution is 2.18. The van der Waals surface area contributed by atoms with Gasteiger partial charge in [0, 0.05) is 6.42 Å². The summed E-state index contributed by atoms with van der Waals surface area (Å²) >= 11 is 0. The number of benzene rings is 1. The minimum Gasteiger partial charge on any atom is -0.491 e. The lowest BCUT2D eigenvalue weighted by Gasteiger charge is -2.22. The maximum atomic E-state index is 12.0. The first-order valence-corrected chi connectivity index (χ1v) is 8.33. The third kappa shape index (κ3) is 7.23. The summed E-state index contributed by atoms with van der Waals surface area (Å²) in [6.07, 6.45) is 4.01. The minimum absolute atomic E-state index is 0. The number of amides is 1. The van der Waals surface area contributed by atoms with Crippen molar-refractivity contribution in [3.63, 3.8) is 0 Å². The second-order valence-electron chi connectivity index (χ2n) is 6.28. The van der Waals surface area contributed by atoms with Crippen LogP contribution in [0.3, 0.4) is 0 Å². The van der Waals surface area contributed by atoms with E-state index in [2.05, 4.69) is 10.6 Å². The van der Waals surface area contributed by atoms with E-state index in [0.717, 1.165) is 30.8 Å². The summed E-state index contributed by atoms with van der Waals surface area (Å²) in [5.74, 6) is 1.73. The van der Waals surface area contributed by atoms with Crippen molar-refractivity contribution >= 4 is 18.3 Å². The molecule has 130 valence electrons. The molecule has 1 aliphatic heterocycles. The largest absolute Gasteiger partial charge is 0.491 e. The number of piperidine rings is 1. The van der Waals surface area contributed by atoms with Gasteiger partial charge in [-0.2, -0.15) is 0 Å². The van der Waals surface area contributed by atoms with Gasteiger partial charge in [0.15, 0.2) is 0 Å². The monoisotopic (exact) mass is 340 g/mol. The van der Waals surface area contributed by atoms with E-state index in [9.17, 15) is 4.79 Å². The van der Waals surface area contributed by atoms with Gasteiger partial charge in [-0.1, -0.05) is 18.2 Å². The Hall–Kier alpha value is -1.26. The standard InChI is InChI=1S/C18H28N2O2.ClH/c1-14-5-3-4-6-17(14)22-13-15(2)20-18(21)8-7-16-9-11-19-12-10-16;/h3-6,15-16,19H,7-13H2,1-2H3,(H,20,21);1H. The summed E-state index contributed by atoms with van der Waals surface area (Å²) < 4.78 is 5.77. The summed E-state index contributed by atoms with van der Waals surface area (Å²) in [7, 11) is 0. The molecule has 0 saturated carbocycles. The van der Waals surface area contributed by atoms with Crippen LogP contribution in [0.5, 0.6) is 5.75 Å². The maximum absolute atomic E-state index is 12.0. The number of para-hydroxylation sites is 1. The van der Waals surface area contributed by atoms with E-state index in [4.69, 9.17) is 4.74 Å². The molecular weight excluding hydrogens is 312 g/mol. The Morgan fingerprint density at radius 2 is 2.04 bits per heavy atom. The molecule has 5 heteroatoms. The van der Waals surface area contributed by atoms with Gasteiger partial charge in [0.1, 0.15) is 12.4 Å². The second-order valence-corrected chi connectivity index (χ2v) is 6.28. The Labute approximate surface area is 145 Å². The molecule has 1 saturated heterocycles. The first-order valence-electron chi connectivity index (χ1n) is 8.33. The summed E-state index contributed by atoms with van der Waals surface area (Å²) in [5.41, 5.74) is 1.12. The fourth-order valence-corrected chi connectivity index (χ4v) is 2.83. The fraction of sp³-hybridized carbons (Fsp3) is 0.611. The molecule has 1 aromatic rings. The van der Waals surface area contributed by atoms with Crippen LogP contribution in [0.15, 0.2) is 24.3 Å². The van der Waals surface area contributed by atoms with E-state index in [1.807, 2.05) is 38.1 Å². The molecule has 2 rings (SSSR count). The molecule has 0 spiro atoms. The maximum Gasteiger partial charge on any atom is 0.220 e. The van der Waals surface area contributed by atoms with Crippen molar-refractivity contribution in [2.45, 2.75) is 45.6 Å². The van der Waals surface area contributed by atoms with Crippen LogP contribution in [0.25, 0.3) is 0 Å². The highest BCUT2D eigenvalue weighted by Gasteiger charge is 2.15. The number of aryl methyl sites for hydroxylation is 1. The van der Waals surface area contributed by atoms with Crippen LogP contribution in [-0.4, -0.2) is 31.6 Å². The Morgan fingerprint density at radius 1 is 1.35 bits per heavy atom. The average molecular weight is 341 g/mol. The molecule has 0 radical (unpaired) electrons. The molecule has 1 aliphatic rings. The van der Waals surface area contributed by atoms with Crippen LogP contribution in [-0.2, 0) is 4.79 Å². The van der Waals surface area contributed by atoms with Crippen molar-refractivity contribution in [1.29, 1.82) is 0 Å². The highest BCUT2D eigenvalue weighted by atomic mass is 35.5. The first kappa shape index (κ1) is 19.8. The van der Waals surface area contributed by atoms with Gasteiger partial charge in [0.25, 0.3) is 0 Å². The molecule has 0 aromatic heterocycles. The molecule has 23 heavy (non-hydrogen) atoms. The quantitative estimate of drug-likeness (QED) is 0.802. The predicted molar refractivity (Wildman–Crippen MR) is 96.4 cm³/mol. The topological polar surface area (TPSA) is 50.4 Å². The Kier molecular flexibility index (Phi) is 9.03. The van der Waals surface area contributed by atoms with Crippen LogP contribution in [0.2, 0.25) is 0 Å². The van der Waals surface area contributed by atoms with Gasteiger partial charge in [-0.15, -0.1) is 12.4 Å². The van der Waals surface area contributed by atoms with Crippen LogP contribution < -0.4 is 15.4 Å². The SMILES string of the molecule is Cc1ccccc1OCC(C)NC(=O)CCC1CCNCC1.Cl. The molecule has 1 aromatic carbocycles. The molecule has 2 N–H and O–H groups in total. The van der Waals surface area contributed by atoms with Crippen LogP contribution >= 0.6 is 12.4 Å². The molecule has 1 heterocycles. The van der Waals surface area contributed by atoms with Crippen molar-refractivity contribution < 1.29 is 9.53 Å². The summed E-state index contributed by atoms with van der Waals surface area (Å²) in [5, 5.41) is 6.38. The number of rotatable bonds is 7. The van der Waals surface area contributed by atoms with Crippen LogP contribution in [0.4, 0.5) is 0 Å². The summed E-state index contributed by atoms with van der Waals surface area (Å²) in [4.78, 5) is 12.0. The number of nitrogens with one attached hydrogen (secondary N) is 2. The number of hydrogen-bond donors (Lipinski definition) is 2. The zero-order valence-corrected chi connectivity index (χ0v) is 15.0. The van der Waals surface area contributed by atoms with E-state index in [1.165, 1.54) is 12.8 Å². The van der Waals surface area contributed by atoms with Crippen molar-refractivity contribution in [3.8, 4) is 5.75 Å². The summed E-state index contributed by atoms with van der Waals surface area (Å²) in [6, 6.07) is 7.97. The normalized spacial score (nSPS) is 16.3. The smallest absolute Gasteiger partial charge is 0.220 e. The first-order chi connectivity index (χ1) is 10.6. The van der Waals surface area contributed by atoms with Gasteiger partial charge < -0.3 is 15.4 Å². The van der Waals surface area contributed by atoms with Crippen molar-refractivity contribution in [2.75, 3.05) is 19.7 Å². The van der Waals surface area contributed by atoms with Crippen molar-refractivity contribution in [1.82, 2.24) is 10.6 Å². The second kappa shape index (κ2) is 10.5. The zero-order chi connectivity index (χ0) is 15.8. The van der Waals surface area contributed by atoms with E-state index < -0.39 is 0 Å². The highest BCUT2D eigenvalue weighted by molar-refractivity contribution is 5.85. The van der Waals surface area contributed by atoms with Gasteiger partial charge in [0.05, 0.1) is 6.04 Å². The van der Waals surface area contributed by atoms with Crippen LogP contribution in [0.1, 0.15) is 38.2 Å². The number of carbonyl (C=O) groups excluding carboxylic acids is 1. The lowest BCUT2D eigenvalue weighted by atomic mass is 9.93. The molecule has 0 bridgehead atoms. The number of carbonyl (C=O) groups is 1. The van der Waals surface area contributed by atoms with Gasteiger partial charge in [-0.05, 0) is 63.7 Å². The third-order valence-corrected chi connectivity index (χ3v) is 4.23. The van der Waals surface area contributed by atoms with Crippen molar-refractivity contribution in [3.05, 3.63) is 29.8 Å². The van der Waals surface area contributed by atoms with Gasteiger partial charge in [-0.3, -0.25) is 4.79 Å². The zero-order valence-electron chi connectivity index (χ0n) is 14.1. The van der Waals surface area contributed by atoms with Gasteiger partial charge in [-0.25, -0.2) is 0 Å². The number of halogens is 1. The Balaban J connectivity index is 0.00000264. The summed E-state index contributed by atoms with van der Waals surface area (Å²) in [6.45, 7) is 6.70. The average Bonchev–Trinajstić information content (AvgIpc) is 2.53. The Morgan fingerprint density at radius 3 is 2.74 bits per heavy atom. The molecule has 4 nitrogen and oxygen atoms in total. The molecule has 1 fully saturated rings.